The second-order valence-electron chi connectivity index (χ2n) is 5.80. The lowest BCUT2D eigenvalue weighted by atomic mass is 9.89. The van der Waals surface area contributed by atoms with Gasteiger partial charge in [-0.1, -0.05) is 19.3 Å². The molecule has 1 aromatic rings. The number of sulfonamides is 1. The van der Waals surface area contributed by atoms with Crippen molar-refractivity contribution in [1.82, 2.24) is 9.62 Å². The Bertz CT molecular complexity index is 562. The average Bonchev–Trinajstić information content (AvgIpc) is 2.99. The maximum absolute atomic E-state index is 12.0. The van der Waals surface area contributed by atoms with E-state index in [9.17, 15) is 13.2 Å². The molecule has 124 valence electrons. The molecule has 0 spiro atoms. The Labute approximate surface area is 131 Å². The van der Waals surface area contributed by atoms with Crippen LogP contribution in [0.1, 0.15) is 37.9 Å². The van der Waals surface area contributed by atoms with E-state index in [-0.39, 0.29) is 24.9 Å². The molecule has 1 amide bonds. The average molecular weight is 328 g/mol. The highest BCUT2D eigenvalue weighted by Crippen LogP contribution is 2.23. The van der Waals surface area contributed by atoms with Gasteiger partial charge in [0, 0.05) is 19.0 Å². The molecule has 2 rings (SSSR count). The van der Waals surface area contributed by atoms with Gasteiger partial charge in [-0.3, -0.25) is 4.79 Å². The predicted molar refractivity (Wildman–Crippen MR) is 83.5 cm³/mol. The lowest BCUT2D eigenvalue weighted by Crippen LogP contribution is -2.39. The Morgan fingerprint density at radius 3 is 2.68 bits per heavy atom. The SMILES string of the molecule is CS(=O)(=O)N(CCNC(=O)C1CCCCC1)Cc1ccco1. The Morgan fingerprint density at radius 1 is 1.36 bits per heavy atom. The van der Waals surface area contributed by atoms with Gasteiger partial charge in [0.25, 0.3) is 0 Å². The fourth-order valence-corrected chi connectivity index (χ4v) is 3.54. The molecule has 6 nitrogen and oxygen atoms in total. The van der Waals surface area contributed by atoms with Gasteiger partial charge in [-0.15, -0.1) is 0 Å². The standard InChI is InChI=1S/C15H24N2O4S/c1-22(19,20)17(12-14-8-5-11-21-14)10-9-16-15(18)13-6-3-2-4-7-13/h5,8,11,13H,2-4,6-7,9-10,12H2,1H3,(H,16,18). The van der Waals surface area contributed by atoms with Crippen LogP contribution >= 0.6 is 0 Å². The van der Waals surface area contributed by atoms with Crippen molar-refractivity contribution >= 4 is 15.9 Å². The van der Waals surface area contributed by atoms with Gasteiger partial charge >= 0.3 is 0 Å². The second kappa shape index (κ2) is 7.78. The fraction of sp³-hybridized carbons (Fsp3) is 0.667. The normalized spacial score (nSPS) is 16.8. The number of furan rings is 1. The molecule has 1 N–H and O–H groups in total. The molecule has 1 saturated carbocycles. The summed E-state index contributed by atoms with van der Waals surface area (Å²) >= 11 is 0. The summed E-state index contributed by atoms with van der Waals surface area (Å²) in [7, 11) is -3.34. The molecule has 0 bridgehead atoms. The third kappa shape index (κ3) is 5.14. The van der Waals surface area contributed by atoms with E-state index in [0.29, 0.717) is 12.3 Å². The zero-order valence-electron chi connectivity index (χ0n) is 13.0. The molecule has 7 heteroatoms. The minimum absolute atomic E-state index is 0.0474. The zero-order valence-corrected chi connectivity index (χ0v) is 13.8. The number of carbonyl (C=O) groups is 1. The Balaban J connectivity index is 1.82. The number of rotatable bonds is 7. The summed E-state index contributed by atoms with van der Waals surface area (Å²) < 4.78 is 30.1. The van der Waals surface area contributed by atoms with E-state index in [1.807, 2.05) is 0 Å². The summed E-state index contributed by atoms with van der Waals surface area (Å²) in [6, 6.07) is 3.46. The van der Waals surface area contributed by atoms with Crippen molar-refractivity contribution in [3.05, 3.63) is 24.2 Å². The molecular weight excluding hydrogens is 304 g/mol. The van der Waals surface area contributed by atoms with Crippen LogP contribution < -0.4 is 5.32 Å². The van der Waals surface area contributed by atoms with Crippen LogP contribution in [0.2, 0.25) is 0 Å². The highest BCUT2D eigenvalue weighted by Gasteiger charge is 2.22. The van der Waals surface area contributed by atoms with Crippen LogP contribution in [0.4, 0.5) is 0 Å². The zero-order chi connectivity index (χ0) is 16.0. The largest absolute Gasteiger partial charge is 0.468 e. The minimum atomic E-state index is -3.34. The number of nitrogens with one attached hydrogen (secondary N) is 1. The molecule has 0 radical (unpaired) electrons. The van der Waals surface area contributed by atoms with Crippen LogP contribution in [-0.4, -0.2) is 38.0 Å². The predicted octanol–water partition coefficient (Wildman–Crippen LogP) is 1.74. The second-order valence-corrected chi connectivity index (χ2v) is 7.78. The van der Waals surface area contributed by atoms with Crippen molar-refractivity contribution in [2.75, 3.05) is 19.3 Å². The van der Waals surface area contributed by atoms with Gasteiger partial charge < -0.3 is 9.73 Å². The van der Waals surface area contributed by atoms with Crippen LogP contribution in [0, 0.1) is 5.92 Å². The molecule has 1 aliphatic carbocycles. The quantitative estimate of drug-likeness (QED) is 0.827. The summed E-state index contributed by atoms with van der Waals surface area (Å²) in [4.78, 5) is 12.0. The maximum Gasteiger partial charge on any atom is 0.223 e. The van der Waals surface area contributed by atoms with E-state index in [0.717, 1.165) is 25.7 Å². The summed E-state index contributed by atoms with van der Waals surface area (Å²) in [6.45, 7) is 0.756. The van der Waals surface area contributed by atoms with Gasteiger partial charge in [-0.2, -0.15) is 4.31 Å². The van der Waals surface area contributed by atoms with E-state index in [1.165, 1.54) is 23.2 Å². The topological polar surface area (TPSA) is 79.6 Å². The number of amides is 1. The number of carbonyl (C=O) groups excluding carboxylic acids is 1. The third-order valence-corrected chi connectivity index (χ3v) is 5.27. The molecular formula is C15H24N2O4S. The van der Waals surface area contributed by atoms with Gasteiger partial charge in [-0.25, -0.2) is 8.42 Å². The molecule has 1 fully saturated rings. The van der Waals surface area contributed by atoms with Gasteiger partial charge in [0.1, 0.15) is 5.76 Å². The van der Waals surface area contributed by atoms with Gasteiger partial charge in [-0.05, 0) is 25.0 Å². The van der Waals surface area contributed by atoms with Crippen LogP contribution in [0.3, 0.4) is 0 Å². The molecule has 0 aliphatic heterocycles. The van der Waals surface area contributed by atoms with Crippen molar-refractivity contribution in [3.63, 3.8) is 0 Å². The third-order valence-electron chi connectivity index (χ3n) is 4.02. The van der Waals surface area contributed by atoms with Crippen LogP contribution in [0.5, 0.6) is 0 Å². The van der Waals surface area contributed by atoms with E-state index >= 15 is 0 Å². The molecule has 0 aromatic carbocycles. The maximum atomic E-state index is 12.0. The highest BCUT2D eigenvalue weighted by molar-refractivity contribution is 7.88. The molecule has 0 atom stereocenters. The molecule has 0 unspecified atom stereocenters. The van der Waals surface area contributed by atoms with Gasteiger partial charge in [0.05, 0.1) is 19.1 Å². The molecule has 1 heterocycles. The monoisotopic (exact) mass is 328 g/mol. The summed E-state index contributed by atoms with van der Waals surface area (Å²) in [5, 5.41) is 2.86. The number of hydrogen-bond acceptors (Lipinski definition) is 4. The van der Waals surface area contributed by atoms with E-state index in [1.54, 1.807) is 12.1 Å². The van der Waals surface area contributed by atoms with Crippen molar-refractivity contribution in [2.45, 2.75) is 38.6 Å². The molecule has 1 aromatic heterocycles. The molecule has 22 heavy (non-hydrogen) atoms. The Kier molecular flexibility index (Phi) is 6.02. The molecule has 1 aliphatic rings. The Hall–Kier alpha value is -1.34. The summed E-state index contributed by atoms with van der Waals surface area (Å²) in [5.41, 5.74) is 0. The lowest BCUT2D eigenvalue weighted by molar-refractivity contribution is -0.125. The lowest BCUT2D eigenvalue weighted by Gasteiger charge is -2.22. The van der Waals surface area contributed by atoms with Gasteiger partial charge in [0.2, 0.25) is 15.9 Å². The van der Waals surface area contributed by atoms with Crippen molar-refractivity contribution in [1.29, 1.82) is 0 Å². The van der Waals surface area contributed by atoms with Crippen LogP contribution in [-0.2, 0) is 21.4 Å². The van der Waals surface area contributed by atoms with Gasteiger partial charge in [0.15, 0.2) is 0 Å². The van der Waals surface area contributed by atoms with E-state index in [2.05, 4.69) is 5.32 Å². The first-order valence-electron chi connectivity index (χ1n) is 7.72. The van der Waals surface area contributed by atoms with Crippen molar-refractivity contribution < 1.29 is 17.6 Å². The number of nitrogens with zero attached hydrogens (tertiary/aromatic N) is 1. The van der Waals surface area contributed by atoms with E-state index < -0.39 is 10.0 Å². The minimum Gasteiger partial charge on any atom is -0.468 e. The fourth-order valence-electron chi connectivity index (χ4n) is 2.75. The highest BCUT2D eigenvalue weighted by atomic mass is 32.2. The number of hydrogen-bond donors (Lipinski definition) is 1. The molecule has 0 saturated heterocycles. The summed E-state index contributed by atoms with van der Waals surface area (Å²) in [6.07, 6.45) is 7.97. The van der Waals surface area contributed by atoms with Crippen LogP contribution in [0.25, 0.3) is 0 Å². The first-order chi connectivity index (χ1) is 10.5. The first-order valence-corrected chi connectivity index (χ1v) is 9.57. The summed E-state index contributed by atoms with van der Waals surface area (Å²) in [5.74, 6) is 0.723. The first kappa shape index (κ1) is 17.0. The Morgan fingerprint density at radius 2 is 2.09 bits per heavy atom. The van der Waals surface area contributed by atoms with Crippen molar-refractivity contribution in [3.8, 4) is 0 Å². The van der Waals surface area contributed by atoms with Crippen molar-refractivity contribution in [2.24, 2.45) is 5.92 Å². The van der Waals surface area contributed by atoms with Crippen LogP contribution in [0.15, 0.2) is 22.8 Å². The smallest absolute Gasteiger partial charge is 0.223 e. The van der Waals surface area contributed by atoms with E-state index in [4.69, 9.17) is 4.42 Å².